The highest BCUT2D eigenvalue weighted by Gasteiger charge is 2.16. The maximum Gasteiger partial charge on any atom is 0.0716 e. The minimum atomic E-state index is -0.110. The number of hydrogen-bond acceptors (Lipinski definition) is 2. The van der Waals surface area contributed by atoms with E-state index in [0.29, 0.717) is 5.02 Å². The van der Waals surface area contributed by atoms with Gasteiger partial charge in [0.2, 0.25) is 0 Å². The van der Waals surface area contributed by atoms with Crippen LogP contribution in [0.2, 0.25) is 5.02 Å². The summed E-state index contributed by atoms with van der Waals surface area (Å²) in [4.78, 5) is 0. The van der Waals surface area contributed by atoms with E-state index in [1.165, 1.54) is 10.8 Å². The first-order valence-corrected chi connectivity index (χ1v) is 7.76. The van der Waals surface area contributed by atoms with E-state index in [-0.39, 0.29) is 6.04 Å². The molecule has 0 spiro atoms. The maximum absolute atomic E-state index is 6.21. The summed E-state index contributed by atoms with van der Waals surface area (Å²) in [5.74, 6) is 5.81. The summed E-state index contributed by atoms with van der Waals surface area (Å²) in [6.45, 7) is 0. The Kier molecular flexibility index (Phi) is 4.27. The van der Waals surface area contributed by atoms with Crippen molar-refractivity contribution >= 4 is 38.3 Å². The third-order valence-electron chi connectivity index (χ3n) is 3.58. The summed E-state index contributed by atoms with van der Waals surface area (Å²) in [6.07, 6.45) is 0. The van der Waals surface area contributed by atoms with Gasteiger partial charge in [-0.1, -0.05) is 60.1 Å². The maximum atomic E-state index is 6.21. The first kappa shape index (κ1) is 14.5. The van der Waals surface area contributed by atoms with Crippen LogP contribution in [0.15, 0.2) is 65.1 Å². The Labute approximate surface area is 137 Å². The SMILES string of the molecule is NNC(c1ccc(Br)c(Cl)c1)c1cccc2ccccc12. The lowest BCUT2D eigenvalue weighted by Crippen LogP contribution is -2.29. The lowest BCUT2D eigenvalue weighted by molar-refractivity contribution is 0.641. The largest absolute Gasteiger partial charge is 0.271 e. The summed E-state index contributed by atoms with van der Waals surface area (Å²) in [5, 5.41) is 3.05. The fourth-order valence-corrected chi connectivity index (χ4v) is 3.00. The second-order valence-corrected chi connectivity index (χ2v) is 6.10. The first-order chi connectivity index (χ1) is 10.2. The standard InChI is InChI=1S/C17H14BrClN2/c18-15-9-8-12(10-16(15)19)17(21-20)14-7-3-5-11-4-1-2-6-13(11)14/h1-10,17,21H,20H2. The molecule has 1 atom stereocenters. The van der Waals surface area contributed by atoms with E-state index in [0.717, 1.165) is 15.6 Å². The second-order valence-electron chi connectivity index (χ2n) is 4.84. The fourth-order valence-electron chi connectivity index (χ4n) is 2.56. The van der Waals surface area contributed by atoms with Gasteiger partial charge in [-0.2, -0.15) is 0 Å². The molecule has 0 aliphatic carbocycles. The van der Waals surface area contributed by atoms with Crippen LogP contribution in [0.5, 0.6) is 0 Å². The van der Waals surface area contributed by atoms with Crippen molar-refractivity contribution in [3.8, 4) is 0 Å². The smallest absolute Gasteiger partial charge is 0.0716 e. The normalized spacial score (nSPS) is 12.5. The zero-order valence-corrected chi connectivity index (χ0v) is 13.5. The van der Waals surface area contributed by atoms with Gasteiger partial charge >= 0.3 is 0 Å². The lowest BCUT2D eigenvalue weighted by atomic mass is 9.94. The molecule has 0 aromatic heterocycles. The molecule has 0 aliphatic heterocycles. The van der Waals surface area contributed by atoms with Crippen LogP contribution >= 0.6 is 27.5 Å². The molecular formula is C17H14BrClN2. The number of nitrogens with one attached hydrogen (secondary N) is 1. The number of nitrogens with two attached hydrogens (primary N) is 1. The van der Waals surface area contributed by atoms with Crippen LogP contribution in [0.25, 0.3) is 10.8 Å². The van der Waals surface area contributed by atoms with Crippen molar-refractivity contribution in [1.82, 2.24) is 5.43 Å². The van der Waals surface area contributed by atoms with E-state index < -0.39 is 0 Å². The topological polar surface area (TPSA) is 38.0 Å². The predicted octanol–water partition coefficient (Wildman–Crippen LogP) is 4.81. The molecule has 1 unspecified atom stereocenters. The zero-order chi connectivity index (χ0) is 14.8. The zero-order valence-electron chi connectivity index (χ0n) is 11.2. The van der Waals surface area contributed by atoms with Crippen molar-refractivity contribution in [3.05, 3.63) is 81.3 Å². The van der Waals surface area contributed by atoms with Crippen LogP contribution < -0.4 is 11.3 Å². The van der Waals surface area contributed by atoms with Gasteiger partial charge in [0.05, 0.1) is 11.1 Å². The van der Waals surface area contributed by atoms with Crippen LogP contribution in [0.4, 0.5) is 0 Å². The Hall–Kier alpha value is -1.39. The van der Waals surface area contributed by atoms with Crippen LogP contribution in [-0.2, 0) is 0 Å². The minimum Gasteiger partial charge on any atom is -0.271 e. The van der Waals surface area contributed by atoms with Gasteiger partial charge in [-0.3, -0.25) is 5.84 Å². The van der Waals surface area contributed by atoms with Crippen molar-refractivity contribution in [2.75, 3.05) is 0 Å². The molecule has 0 amide bonds. The van der Waals surface area contributed by atoms with Crippen molar-refractivity contribution in [2.24, 2.45) is 5.84 Å². The lowest BCUT2D eigenvalue weighted by Gasteiger charge is -2.19. The summed E-state index contributed by atoms with van der Waals surface area (Å²) >= 11 is 9.62. The van der Waals surface area contributed by atoms with Gasteiger partial charge in [-0.15, -0.1) is 0 Å². The Morgan fingerprint density at radius 1 is 1.00 bits per heavy atom. The van der Waals surface area contributed by atoms with Crippen molar-refractivity contribution in [1.29, 1.82) is 0 Å². The molecule has 2 nitrogen and oxygen atoms in total. The van der Waals surface area contributed by atoms with Gasteiger partial charge < -0.3 is 0 Å². The molecule has 0 saturated carbocycles. The van der Waals surface area contributed by atoms with Gasteiger partial charge in [0, 0.05) is 4.47 Å². The average Bonchev–Trinajstić information content (AvgIpc) is 2.52. The number of rotatable bonds is 3. The quantitative estimate of drug-likeness (QED) is 0.519. The average molecular weight is 362 g/mol. The number of hydrogen-bond donors (Lipinski definition) is 2. The van der Waals surface area contributed by atoms with Gasteiger partial charge in [-0.05, 0) is 50.0 Å². The summed E-state index contributed by atoms with van der Waals surface area (Å²) < 4.78 is 0.876. The summed E-state index contributed by atoms with van der Waals surface area (Å²) in [5.41, 5.74) is 5.06. The van der Waals surface area contributed by atoms with Gasteiger partial charge in [0.15, 0.2) is 0 Å². The molecule has 0 heterocycles. The molecular weight excluding hydrogens is 348 g/mol. The number of halogens is 2. The highest BCUT2D eigenvalue weighted by molar-refractivity contribution is 9.10. The molecule has 0 aliphatic rings. The van der Waals surface area contributed by atoms with Gasteiger partial charge in [-0.25, -0.2) is 5.43 Å². The van der Waals surface area contributed by atoms with Crippen LogP contribution in [0.3, 0.4) is 0 Å². The molecule has 0 bridgehead atoms. The van der Waals surface area contributed by atoms with Gasteiger partial charge in [0.1, 0.15) is 0 Å². The summed E-state index contributed by atoms with van der Waals surface area (Å²) in [7, 11) is 0. The van der Waals surface area contributed by atoms with Crippen molar-refractivity contribution < 1.29 is 0 Å². The first-order valence-electron chi connectivity index (χ1n) is 6.59. The molecule has 4 heteroatoms. The van der Waals surface area contributed by atoms with E-state index in [4.69, 9.17) is 17.4 Å². The fraction of sp³-hybridized carbons (Fsp3) is 0.0588. The molecule has 3 aromatic carbocycles. The number of hydrazine groups is 1. The molecule has 106 valence electrons. The Morgan fingerprint density at radius 2 is 1.76 bits per heavy atom. The molecule has 0 radical (unpaired) electrons. The van der Waals surface area contributed by atoms with Crippen molar-refractivity contribution in [2.45, 2.75) is 6.04 Å². The highest BCUT2D eigenvalue weighted by Crippen LogP contribution is 2.32. The van der Waals surface area contributed by atoms with Gasteiger partial charge in [0.25, 0.3) is 0 Å². The van der Waals surface area contributed by atoms with Crippen molar-refractivity contribution in [3.63, 3.8) is 0 Å². The molecule has 3 rings (SSSR count). The second kappa shape index (κ2) is 6.16. The minimum absolute atomic E-state index is 0.110. The number of fused-ring (bicyclic) bond motifs is 1. The molecule has 3 N–H and O–H groups in total. The van der Waals surface area contributed by atoms with Crippen LogP contribution in [0, 0.1) is 0 Å². The van der Waals surface area contributed by atoms with Crippen LogP contribution in [0.1, 0.15) is 17.2 Å². The van der Waals surface area contributed by atoms with E-state index in [1.807, 2.05) is 36.4 Å². The van der Waals surface area contributed by atoms with E-state index in [9.17, 15) is 0 Å². The molecule has 0 saturated heterocycles. The third-order valence-corrected chi connectivity index (χ3v) is 4.81. The Balaban J connectivity index is 2.16. The Bertz CT molecular complexity index is 783. The molecule has 21 heavy (non-hydrogen) atoms. The highest BCUT2D eigenvalue weighted by atomic mass is 79.9. The van der Waals surface area contributed by atoms with E-state index in [1.54, 1.807) is 0 Å². The summed E-state index contributed by atoms with van der Waals surface area (Å²) in [6, 6.07) is 20.3. The van der Waals surface area contributed by atoms with Crippen LogP contribution in [-0.4, -0.2) is 0 Å². The molecule has 3 aromatic rings. The van der Waals surface area contributed by atoms with E-state index in [2.05, 4.69) is 45.6 Å². The van der Waals surface area contributed by atoms with E-state index >= 15 is 0 Å². The Morgan fingerprint density at radius 3 is 2.52 bits per heavy atom. The number of benzene rings is 3. The third kappa shape index (κ3) is 2.83. The predicted molar refractivity (Wildman–Crippen MR) is 92.3 cm³/mol. The monoisotopic (exact) mass is 360 g/mol. The molecule has 0 fully saturated rings.